The lowest BCUT2D eigenvalue weighted by Gasteiger charge is -2.25. The highest BCUT2D eigenvalue weighted by Crippen LogP contribution is 2.34. The number of nitrogens with zero attached hydrogens (tertiary/aromatic N) is 1. The topological polar surface area (TPSA) is 110 Å². The third kappa shape index (κ3) is 7.40. The van der Waals surface area contributed by atoms with Crippen molar-refractivity contribution in [1.82, 2.24) is 4.31 Å². The van der Waals surface area contributed by atoms with Gasteiger partial charge in [-0.05, 0) is 75.1 Å². The molecule has 9 heteroatoms. The number of carboxylic acids is 1. The van der Waals surface area contributed by atoms with Crippen LogP contribution < -0.4 is 9.88 Å². The molecule has 180 valence electrons. The first-order chi connectivity index (χ1) is 15.5. The van der Waals surface area contributed by atoms with E-state index in [1.54, 1.807) is 16.1 Å². The third-order valence-corrected chi connectivity index (χ3v) is 7.07. The molecule has 33 heavy (non-hydrogen) atoms. The summed E-state index contributed by atoms with van der Waals surface area (Å²) < 4.78 is 18.9. The molecule has 3 N–H and O–H groups in total. The molecule has 1 heterocycles. The summed E-state index contributed by atoms with van der Waals surface area (Å²) >= 11 is 0.246. The fourth-order valence-corrected chi connectivity index (χ4v) is 4.55. The van der Waals surface area contributed by atoms with Gasteiger partial charge in [-0.2, -0.15) is 0 Å². The number of ether oxygens (including phenoxy) is 1. The summed E-state index contributed by atoms with van der Waals surface area (Å²) in [6.45, 7) is 8.29. The fourth-order valence-electron chi connectivity index (χ4n) is 3.53. The zero-order chi connectivity index (χ0) is 24.8. The minimum atomic E-state index is -1.43. The van der Waals surface area contributed by atoms with Crippen LogP contribution in [0, 0.1) is 13.8 Å². The summed E-state index contributed by atoms with van der Waals surface area (Å²) in [6, 6.07) is 11.6. The Labute approximate surface area is 202 Å². The van der Waals surface area contributed by atoms with Gasteiger partial charge in [-0.1, -0.05) is 24.3 Å². The molecular formula is C24H32N2O5S2. The molecule has 2 atom stereocenters. The van der Waals surface area contributed by atoms with Crippen molar-refractivity contribution in [1.29, 1.82) is 0 Å². The van der Waals surface area contributed by atoms with Gasteiger partial charge in [0.15, 0.2) is 16.8 Å². The van der Waals surface area contributed by atoms with Crippen molar-refractivity contribution in [3.63, 3.8) is 0 Å². The van der Waals surface area contributed by atoms with Crippen LogP contribution in [0.3, 0.4) is 0 Å². The lowest BCUT2D eigenvalue weighted by molar-refractivity contribution is -0.152. The van der Waals surface area contributed by atoms with Gasteiger partial charge in [0.2, 0.25) is 0 Å². The highest BCUT2D eigenvalue weighted by atomic mass is 32.2. The van der Waals surface area contributed by atoms with E-state index in [0.29, 0.717) is 12.3 Å². The number of aliphatic carboxylic acids is 1. The van der Waals surface area contributed by atoms with Gasteiger partial charge in [-0.25, -0.2) is 18.4 Å². The lowest BCUT2D eigenvalue weighted by Crippen LogP contribution is -2.38. The zero-order valence-electron chi connectivity index (χ0n) is 19.7. The van der Waals surface area contributed by atoms with Crippen molar-refractivity contribution in [2.45, 2.75) is 50.5 Å². The second-order valence-corrected chi connectivity index (χ2v) is 10.4. The largest absolute Gasteiger partial charge is 0.478 e. The third-order valence-electron chi connectivity index (χ3n) is 5.48. The van der Waals surface area contributed by atoms with Crippen LogP contribution in [0.15, 0.2) is 41.3 Å². The Hall–Kier alpha value is -2.20. The summed E-state index contributed by atoms with van der Waals surface area (Å²) in [5, 5.41) is 14.7. The van der Waals surface area contributed by atoms with Gasteiger partial charge >= 0.3 is 5.97 Å². The van der Waals surface area contributed by atoms with Crippen molar-refractivity contribution in [3.05, 3.63) is 58.7 Å². The number of hydrogen-bond acceptors (Lipinski definition) is 5. The maximum Gasteiger partial charge on any atom is 0.347 e. The van der Waals surface area contributed by atoms with Gasteiger partial charge in [0.05, 0.1) is 0 Å². The summed E-state index contributed by atoms with van der Waals surface area (Å²) in [4.78, 5) is 22.6. The molecule has 0 aromatic heterocycles. The number of benzene rings is 2. The van der Waals surface area contributed by atoms with Crippen LogP contribution in [-0.4, -0.2) is 50.8 Å². The summed E-state index contributed by atoms with van der Waals surface area (Å²) in [7, 11) is 0. The number of thioether (sulfide) groups is 1. The lowest BCUT2D eigenvalue weighted by atomic mass is 9.94. The number of nitrogens with two attached hydrogens (primary N) is 1. The van der Waals surface area contributed by atoms with E-state index in [9.17, 15) is 18.9 Å². The van der Waals surface area contributed by atoms with E-state index < -0.39 is 22.7 Å². The van der Waals surface area contributed by atoms with Gasteiger partial charge in [-0.15, -0.1) is 11.8 Å². The van der Waals surface area contributed by atoms with Crippen LogP contribution >= 0.6 is 11.8 Å². The van der Waals surface area contributed by atoms with Crippen LogP contribution in [-0.2, 0) is 16.0 Å². The van der Waals surface area contributed by atoms with Gasteiger partial charge in [0.25, 0.3) is 0 Å². The van der Waals surface area contributed by atoms with E-state index in [2.05, 4.69) is 0 Å². The van der Waals surface area contributed by atoms with Crippen LogP contribution in [0.5, 0.6) is 5.75 Å². The smallest absolute Gasteiger partial charge is 0.347 e. The van der Waals surface area contributed by atoms with E-state index in [4.69, 9.17) is 9.88 Å². The maximum absolute atomic E-state index is 11.4. The molecule has 0 bridgehead atoms. The fraction of sp³-hybridized carbons (Fsp3) is 0.417. The van der Waals surface area contributed by atoms with Gasteiger partial charge in [0, 0.05) is 23.5 Å². The van der Waals surface area contributed by atoms with Crippen LogP contribution in [0.1, 0.15) is 53.2 Å². The predicted octanol–water partition coefficient (Wildman–Crippen LogP) is 4.09. The molecule has 0 radical (unpaired) electrons. The molecule has 1 saturated heterocycles. The van der Waals surface area contributed by atoms with Crippen molar-refractivity contribution in [2.24, 2.45) is 5.14 Å². The van der Waals surface area contributed by atoms with Gasteiger partial charge in [0.1, 0.15) is 12.0 Å². The monoisotopic (exact) mass is 492 g/mol. The number of carboxylic acid groups (broad SMARTS) is 1. The van der Waals surface area contributed by atoms with Crippen molar-refractivity contribution >= 4 is 35.2 Å². The Bertz CT molecular complexity index is 985. The first kappa shape index (κ1) is 27.0. The van der Waals surface area contributed by atoms with E-state index >= 15 is 0 Å². The number of carbonyl (C=O) groups excluding carboxylic acids is 1. The standard InChI is InChI=1S/C16H24N2O4S.C8H8OS/c1-10-7-13(12-5-6-18(9-12)23(17)21)8-11(2)14(10)22-16(3,4)15(19)20;1-10-8-4-2-7(6-9)3-5-8/h7-8,12H,5-6,9,17H2,1-4H3,(H,19,20);2-6H,1H3. The van der Waals surface area contributed by atoms with Crippen molar-refractivity contribution in [3.8, 4) is 5.75 Å². The maximum atomic E-state index is 11.4. The predicted molar refractivity (Wildman–Crippen MR) is 133 cm³/mol. The molecule has 1 aliphatic heterocycles. The van der Waals surface area contributed by atoms with E-state index in [1.807, 2.05) is 56.5 Å². The highest BCUT2D eigenvalue weighted by Gasteiger charge is 2.31. The molecule has 3 rings (SSSR count). The molecule has 0 spiro atoms. The van der Waals surface area contributed by atoms with E-state index in [-0.39, 0.29) is 5.92 Å². The minimum absolute atomic E-state index is 0.279. The number of aryl methyl sites for hydroxylation is 2. The molecular weight excluding hydrogens is 460 g/mol. The second-order valence-electron chi connectivity index (χ2n) is 8.44. The Morgan fingerprint density at radius 3 is 2.24 bits per heavy atom. The molecule has 2 aromatic rings. The molecule has 0 aliphatic carbocycles. The number of rotatable bonds is 7. The highest BCUT2D eigenvalue weighted by molar-refractivity contribution is 7.98. The van der Waals surface area contributed by atoms with E-state index in [1.165, 1.54) is 18.7 Å². The molecule has 1 aliphatic rings. The Morgan fingerprint density at radius 1 is 1.24 bits per heavy atom. The first-order valence-corrected chi connectivity index (χ1v) is 12.9. The van der Waals surface area contributed by atoms with Crippen LogP contribution in [0.4, 0.5) is 0 Å². The first-order valence-electron chi connectivity index (χ1n) is 10.5. The summed E-state index contributed by atoms with van der Waals surface area (Å²) in [5.74, 6) is -0.114. The average molecular weight is 493 g/mol. The SMILES string of the molecule is CSc1ccc(C=O)cc1.Cc1cc(C2CCN(S(N)=O)C2)cc(C)c1OC(C)(C)C(=O)O. The Kier molecular flexibility index (Phi) is 9.66. The van der Waals surface area contributed by atoms with Gasteiger partial charge < -0.3 is 9.84 Å². The van der Waals surface area contributed by atoms with E-state index in [0.717, 1.165) is 41.5 Å². The van der Waals surface area contributed by atoms with Crippen LogP contribution in [0.25, 0.3) is 0 Å². The molecule has 0 saturated carbocycles. The number of hydrogen-bond donors (Lipinski definition) is 2. The Morgan fingerprint density at radius 2 is 1.82 bits per heavy atom. The summed E-state index contributed by atoms with van der Waals surface area (Å²) in [5.41, 5.74) is 2.41. The molecule has 2 unspecified atom stereocenters. The molecule has 7 nitrogen and oxygen atoms in total. The van der Waals surface area contributed by atoms with Gasteiger partial charge in [-0.3, -0.25) is 4.79 Å². The number of carbonyl (C=O) groups is 2. The van der Waals surface area contributed by atoms with Crippen molar-refractivity contribution in [2.75, 3.05) is 19.3 Å². The normalized spacial score (nSPS) is 17.1. The van der Waals surface area contributed by atoms with Crippen molar-refractivity contribution < 1.29 is 23.6 Å². The van der Waals surface area contributed by atoms with Crippen LogP contribution in [0.2, 0.25) is 0 Å². The molecule has 2 aromatic carbocycles. The second kappa shape index (κ2) is 11.8. The molecule has 0 amide bonds. The molecule has 1 fully saturated rings. The quantitative estimate of drug-likeness (QED) is 0.445. The zero-order valence-corrected chi connectivity index (χ0v) is 21.3. The Balaban J connectivity index is 0.000000321. The summed E-state index contributed by atoms with van der Waals surface area (Å²) in [6.07, 6.45) is 3.77. The minimum Gasteiger partial charge on any atom is -0.478 e. The number of aldehydes is 1. The average Bonchev–Trinajstić information content (AvgIpc) is 3.27.